The second-order valence-corrected chi connectivity index (χ2v) is 5.17. The molecule has 0 aromatic heterocycles. The Bertz CT molecular complexity index is 391. The van der Waals surface area contributed by atoms with E-state index in [9.17, 15) is 9.59 Å². The van der Waals surface area contributed by atoms with Crippen LogP contribution in [-0.2, 0) is 14.3 Å². The zero-order chi connectivity index (χ0) is 14.4. The Morgan fingerprint density at radius 3 is 2.95 bits per heavy atom. The average Bonchev–Trinajstić information content (AvgIpc) is 2.97. The molecule has 0 saturated carbocycles. The fourth-order valence-corrected chi connectivity index (χ4v) is 2.17. The minimum atomic E-state index is -0.678. The van der Waals surface area contributed by atoms with Gasteiger partial charge >= 0.3 is 11.8 Å². The molecule has 0 unspecified atom stereocenters. The Morgan fingerprint density at radius 2 is 2.30 bits per heavy atom. The van der Waals surface area contributed by atoms with E-state index in [2.05, 4.69) is 21.1 Å². The summed E-state index contributed by atoms with van der Waals surface area (Å²) in [5, 5.41) is 2.58. The van der Waals surface area contributed by atoms with Crippen LogP contribution in [0.15, 0.2) is 11.8 Å². The smallest absolute Gasteiger partial charge is 0.327 e. The standard InChI is InChI=1S/C13H22N4O3/c1-17-6-4-10(5-7-17)15-16-13(19)12(18)14-9-11-3-2-8-20-11/h4,11,15H,2-3,5-9H2,1H3,(H,14,18)(H,16,19)/t11-/m1/s1. The van der Waals surface area contributed by atoms with Crippen LogP contribution in [0.4, 0.5) is 0 Å². The summed E-state index contributed by atoms with van der Waals surface area (Å²) in [6.07, 6.45) is 4.80. The van der Waals surface area contributed by atoms with E-state index in [1.807, 2.05) is 13.1 Å². The average molecular weight is 282 g/mol. The molecule has 0 spiro atoms. The normalized spacial score (nSPS) is 23.1. The molecule has 0 aromatic carbocycles. The molecule has 2 aliphatic rings. The highest BCUT2D eigenvalue weighted by molar-refractivity contribution is 6.34. The van der Waals surface area contributed by atoms with Gasteiger partial charge in [0.15, 0.2) is 0 Å². The molecule has 1 saturated heterocycles. The summed E-state index contributed by atoms with van der Waals surface area (Å²) in [6.45, 7) is 2.89. The largest absolute Gasteiger partial charge is 0.376 e. The van der Waals surface area contributed by atoms with Crippen LogP contribution in [-0.4, -0.2) is 56.1 Å². The summed E-state index contributed by atoms with van der Waals surface area (Å²) in [5.41, 5.74) is 6.14. The third-order valence-electron chi connectivity index (χ3n) is 3.47. The molecule has 1 fully saturated rings. The summed E-state index contributed by atoms with van der Waals surface area (Å²) in [6, 6.07) is 0. The van der Waals surface area contributed by atoms with Gasteiger partial charge in [-0.1, -0.05) is 0 Å². The number of likely N-dealkylation sites (N-methyl/N-ethyl adjacent to an activating group) is 1. The van der Waals surface area contributed by atoms with Crippen molar-refractivity contribution in [3.8, 4) is 0 Å². The van der Waals surface area contributed by atoms with Gasteiger partial charge in [-0.3, -0.25) is 15.0 Å². The van der Waals surface area contributed by atoms with Crippen LogP contribution in [0.3, 0.4) is 0 Å². The summed E-state index contributed by atoms with van der Waals surface area (Å²) < 4.78 is 5.37. The number of carbonyl (C=O) groups is 2. The lowest BCUT2D eigenvalue weighted by Crippen LogP contribution is -2.48. The number of ether oxygens (including phenoxy) is 1. The second-order valence-electron chi connectivity index (χ2n) is 5.17. The maximum atomic E-state index is 11.6. The number of hydrazine groups is 1. The van der Waals surface area contributed by atoms with Gasteiger partial charge in [-0.2, -0.15) is 0 Å². The molecule has 7 nitrogen and oxygen atoms in total. The first-order valence-electron chi connectivity index (χ1n) is 6.98. The number of hydrogen-bond acceptors (Lipinski definition) is 5. The molecule has 1 atom stereocenters. The lowest BCUT2D eigenvalue weighted by atomic mass is 10.2. The molecule has 0 aromatic rings. The maximum absolute atomic E-state index is 11.6. The van der Waals surface area contributed by atoms with E-state index < -0.39 is 11.8 Å². The van der Waals surface area contributed by atoms with E-state index in [1.165, 1.54) is 0 Å². The monoisotopic (exact) mass is 282 g/mol. The van der Waals surface area contributed by atoms with E-state index in [4.69, 9.17) is 4.74 Å². The van der Waals surface area contributed by atoms with Gasteiger partial charge in [0, 0.05) is 38.4 Å². The van der Waals surface area contributed by atoms with Crippen LogP contribution >= 0.6 is 0 Å². The molecule has 20 heavy (non-hydrogen) atoms. The van der Waals surface area contributed by atoms with Gasteiger partial charge in [0.05, 0.1) is 6.10 Å². The first-order chi connectivity index (χ1) is 9.65. The Kier molecular flexibility index (Phi) is 5.37. The van der Waals surface area contributed by atoms with Gasteiger partial charge in [-0.05, 0) is 26.0 Å². The van der Waals surface area contributed by atoms with Crippen molar-refractivity contribution in [2.24, 2.45) is 0 Å². The molecule has 112 valence electrons. The molecule has 3 N–H and O–H groups in total. The van der Waals surface area contributed by atoms with Crippen LogP contribution in [0.5, 0.6) is 0 Å². The maximum Gasteiger partial charge on any atom is 0.327 e. The summed E-state index contributed by atoms with van der Waals surface area (Å²) >= 11 is 0. The van der Waals surface area contributed by atoms with Crippen molar-refractivity contribution in [2.75, 3.05) is 33.3 Å². The Morgan fingerprint density at radius 1 is 1.45 bits per heavy atom. The molecular formula is C13H22N4O3. The number of amides is 2. The molecule has 2 amide bonds. The van der Waals surface area contributed by atoms with Crippen molar-refractivity contribution >= 4 is 11.8 Å². The van der Waals surface area contributed by atoms with E-state index >= 15 is 0 Å². The van der Waals surface area contributed by atoms with Gasteiger partial charge in [0.1, 0.15) is 0 Å². The highest BCUT2D eigenvalue weighted by Crippen LogP contribution is 2.10. The Balaban J connectivity index is 1.64. The van der Waals surface area contributed by atoms with Crippen molar-refractivity contribution in [2.45, 2.75) is 25.4 Å². The highest BCUT2D eigenvalue weighted by Gasteiger charge is 2.19. The second kappa shape index (κ2) is 7.25. The topological polar surface area (TPSA) is 82.7 Å². The molecule has 0 radical (unpaired) electrons. The van der Waals surface area contributed by atoms with Gasteiger partial charge in [0.25, 0.3) is 0 Å². The number of nitrogens with zero attached hydrogens (tertiary/aromatic N) is 1. The number of nitrogens with one attached hydrogen (secondary N) is 3. The zero-order valence-electron chi connectivity index (χ0n) is 11.8. The number of rotatable bonds is 4. The summed E-state index contributed by atoms with van der Waals surface area (Å²) in [5.74, 6) is -1.32. The van der Waals surface area contributed by atoms with Crippen molar-refractivity contribution in [1.29, 1.82) is 0 Å². The van der Waals surface area contributed by atoms with Crippen LogP contribution in [0.1, 0.15) is 19.3 Å². The van der Waals surface area contributed by atoms with Crippen LogP contribution < -0.4 is 16.2 Å². The predicted molar refractivity (Wildman–Crippen MR) is 73.5 cm³/mol. The van der Waals surface area contributed by atoms with Gasteiger partial charge in [-0.15, -0.1) is 0 Å². The first kappa shape index (κ1) is 14.8. The fraction of sp³-hybridized carbons (Fsp3) is 0.692. The summed E-state index contributed by atoms with van der Waals surface area (Å²) in [4.78, 5) is 25.3. The van der Waals surface area contributed by atoms with E-state index in [0.717, 1.165) is 44.7 Å². The predicted octanol–water partition coefficient (Wildman–Crippen LogP) is -0.878. The molecular weight excluding hydrogens is 260 g/mol. The molecule has 2 aliphatic heterocycles. The SMILES string of the molecule is CN1CC=C(NNC(=O)C(=O)NC[C@H]2CCCO2)CC1. The molecule has 7 heteroatoms. The lowest BCUT2D eigenvalue weighted by Gasteiger charge is -2.22. The van der Waals surface area contributed by atoms with E-state index in [1.54, 1.807) is 0 Å². The van der Waals surface area contributed by atoms with Gasteiger partial charge in [0.2, 0.25) is 0 Å². The minimum absolute atomic E-state index is 0.0382. The van der Waals surface area contributed by atoms with Crippen molar-refractivity contribution in [3.63, 3.8) is 0 Å². The molecule has 0 bridgehead atoms. The third kappa shape index (κ3) is 4.50. The minimum Gasteiger partial charge on any atom is -0.376 e. The van der Waals surface area contributed by atoms with Crippen molar-refractivity contribution < 1.29 is 14.3 Å². The summed E-state index contributed by atoms with van der Waals surface area (Å²) in [7, 11) is 2.03. The number of hydrogen-bond donors (Lipinski definition) is 3. The van der Waals surface area contributed by atoms with Crippen LogP contribution in [0.2, 0.25) is 0 Å². The van der Waals surface area contributed by atoms with E-state index in [0.29, 0.717) is 6.54 Å². The Labute approximate surface area is 118 Å². The third-order valence-corrected chi connectivity index (χ3v) is 3.47. The highest BCUT2D eigenvalue weighted by atomic mass is 16.5. The lowest BCUT2D eigenvalue weighted by molar-refractivity contribution is -0.139. The van der Waals surface area contributed by atoms with Crippen molar-refractivity contribution in [3.05, 3.63) is 11.8 Å². The van der Waals surface area contributed by atoms with Crippen LogP contribution in [0.25, 0.3) is 0 Å². The molecule has 2 rings (SSSR count). The van der Waals surface area contributed by atoms with Gasteiger partial charge in [-0.25, -0.2) is 0 Å². The Hall–Kier alpha value is -1.60. The van der Waals surface area contributed by atoms with Crippen molar-refractivity contribution in [1.82, 2.24) is 21.1 Å². The quantitative estimate of drug-likeness (QED) is 0.461. The molecule has 0 aliphatic carbocycles. The fourth-order valence-electron chi connectivity index (χ4n) is 2.17. The zero-order valence-corrected chi connectivity index (χ0v) is 11.8. The number of carbonyl (C=O) groups excluding carboxylic acids is 2. The first-order valence-corrected chi connectivity index (χ1v) is 6.98. The van der Waals surface area contributed by atoms with E-state index in [-0.39, 0.29) is 6.10 Å². The van der Waals surface area contributed by atoms with Gasteiger partial charge < -0.3 is 20.4 Å². The molecule has 2 heterocycles. The van der Waals surface area contributed by atoms with Crippen LogP contribution in [0, 0.1) is 0 Å².